The third-order valence-corrected chi connectivity index (χ3v) is 4.77. The molecular weight excluding hydrogens is 261 g/mol. The van der Waals surface area contributed by atoms with Crippen LogP contribution in [0.25, 0.3) is 10.8 Å². The van der Waals surface area contributed by atoms with E-state index in [1.54, 1.807) is 6.07 Å². The second-order valence-electron chi connectivity index (χ2n) is 6.95. The quantitative estimate of drug-likeness (QED) is 0.766. The van der Waals surface area contributed by atoms with Crippen LogP contribution in [0.2, 0.25) is 0 Å². The molecule has 1 nitrogen and oxygen atoms in total. The number of hydrogen-bond donors (Lipinski definition) is 1. The van der Waals surface area contributed by atoms with Gasteiger partial charge in [0, 0.05) is 11.4 Å². The predicted molar refractivity (Wildman–Crippen MR) is 87.0 cm³/mol. The number of fused-ring (bicyclic) bond motifs is 3. The van der Waals surface area contributed by atoms with E-state index in [9.17, 15) is 4.39 Å². The van der Waals surface area contributed by atoms with Crippen LogP contribution in [0.5, 0.6) is 0 Å². The summed E-state index contributed by atoms with van der Waals surface area (Å²) >= 11 is 0. The van der Waals surface area contributed by atoms with E-state index >= 15 is 0 Å². The molecule has 2 aromatic rings. The predicted octanol–water partition coefficient (Wildman–Crippen LogP) is 4.99. The van der Waals surface area contributed by atoms with Crippen molar-refractivity contribution in [3.8, 4) is 0 Å². The molecule has 0 bridgehead atoms. The van der Waals surface area contributed by atoms with Gasteiger partial charge in [-0.3, -0.25) is 0 Å². The molecule has 3 rings (SSSR count). The first-order valence-corrected chi connectivity index (χ1v) is 7.95. The maximum Gasteiger partial charge on any atom is 0.131 e. The Morgan fingerprint density at radius 2 is 1.95 bits per heavy atom. The third kappa shape index (κ3) is 2.69. The Morgan fingerprint density at radius 3 is 2.67 bits per heavy atom. The fourth-order valence-corrected chi connectivity index (χ4v) is 3.66. The smallest absolute Gasteiger partial charge is 0.131 e. The lowest BCUT2D eigenvalue weighted by Crippen LogP contribution is -2.25. The summed E-state index contributed by atoms with van der Waals surface area (Å²) in [6.07, 6.45) is 3.24. The van der Waals surface area contributed by atoms with Crippen LogP contribution in [0.4, 0.5) is 4.39 Å². The Bertz CT molecular complexity index is 660. The first-order chi connectivity index (χ1) is 10.0. The van der Waals surface area contributed by atoms with E-state index in [0.29, 0.717) is 0 Å². The van der Waals surface area contributed by atoms with Crippen LogP contribution in [0, 0.1) is 11.2 Å². The summed E-state index contributed by atoms with van der Waals surface area (Å²) in [5, 5.41) is 5.41. The standard InChI is InChI=1S/C19H24FN/c1-4-21-18-12-19(2,3)10-9-14-13-7-5-6-8-15(13)17(20)11-16(14)18/h5-8,11,18,21H,4,9-10,12H2,1-3H3. The molecular formula is C19H24FN. The fourth-order valence-electron chi connectivity index (χ4n) is 3.66. The normalized spacial score (nSPS) is 21.0. The van der Waals surface area contributed by atoms with Gasteiger partial charge in [-0.15, -0.1) is 0 Å². The van der Waals surface area contributed by atoms with Crippen molar-refractivity contribution in [2.45, 2.75) is 46.1 Å². The maximum absolute atomic E-state index is 14.5. The third-order valence-electron chi connectivity index (χ3n) is 4.77. The van der Waals surface area contributed by atoms with Gasteiger partial charge in [-0.1, -0.05) is 45.0 Å². The first-order valence-electron chi connectivity index (χ1n) is 7.95. The first kappa shape index (κ1) is 14.5. The van der Waals surface area contributed by atoms with Gasteiger partial charge >= 0.3 is 0 Å². The van der Waals surface area contributed by atoms with Gasteiger partial charge in [-0.25, -0.2) is 4.39 Å². The number of rotatable bonds is 2. The van der Waals surface area contributed by atoms with Gasteiger partial charge in [-0.2, -0.15) is 0 Å². The van der Waals surface area contributed by atoms with Crippen LogP contribution < -0.4 is 5.32 Å². The molecule has 1 N–H and O–H groups in total. The summed E-state index contributed by atoms with van der Waals surface area (Å²) in [5.41, 5.74) is 2.78. The van der Waals surface area contributed by atoms with Crippen LogP contribution in [-0.4, -0.2) is 6.54 Å². The molecule has 0 fully saturated rings. The van der Waals surface area contributed by atoms with Gasteiger partial charge in [0.2, 0.25) is 0 Å². The summed E-state index contributed by atoms with van der Waals surface area (Å²) in [7, 11) is 0. The highest BCUT2D eigenvalue weighted by molar-refractivity contribution is 5.87. The van der Waals surface area contributed by atoms with E-state index in [1.165, 1.54) is 11.1 Å². The van der Waals surface area contributed by atoms with E-state index in [4.69, 9.17) is 0 Å². The van der Waals surface area contributed by atoms with Crippen LogP contribution in [-0.2, 0) is 6.42 Å². The van der Waals surface area contributed by atoms with Crippen molar-refractivity contribution in [2.24, 2.45) is 5.41 Å². The average molecular weight is 285 g/mol. The molecule has 112 valence electrons. The van der Waals surface area contributed by atoms with E-state index < -0.39 is 0 Å². The van der Waals surface area contributed by atoms with Gasteiger partial charge in [0.1, 0.15) is 5.82 Å². The molecule has 0 saturated carbocycles. The van der Waals surface area contributed by atoms with Gasteiger partial charge in [0.15, 0.2) is 0 Å². The average Bonchev–Trinajstić information content (AvgIpc) is 2.57. The molecule has 1 unspecified atom stereocenters. The Labute approximate surface area is 126 Å². The highest BCUT2D eigenvalue weighted by atomic mass is 19.1. The summed E-state index contributed by atoms with van der Waals surface area (Å²) in [6, 6.07) is 9.91. The molecule has 0 heterocycles. The zero-order valence-electron chi connectivity index (χ0n) is 13.2. The SMILES string of the molecule is CCNC1CC(C)(C)CCc2c1cc(F)c1ccccc21. The minimum absolute atomic E-state index is 0.0908. The van der Waals surface area contributed by atoms with Crippen LogP contribution in [0.1, 0.15) is 50.8 Å². The number of halogens is 1. The van der Waals surface area contributed by atoms with Gasteiger partial charge in [0.25, 0.3) is 0 Å². The van der Waals surface area contributed by atoms with Gasteiger partial charge in [0.05, 0.1) is 0 Å². The summed E-state index contributed by atoms with van der Waals surface area (Å²) in [5.74, 6) is -0.0908. The van der Waals surface area contributed by atoms with Crippen LogP contribution >= 0.6 is 0 Å². The molecule has 1 atom stereocenters. The molecule has 0 amide bonds. The molecule has 0 spiro atoms. The van der Waals surface area contributed by atoms with E-state index in [-0.39, 0.29) is 17.3 Å². The zero-order valence-corrected chi connectivity index (χ0v) is 13.2. The van der Waals surface area contributed by atoms with Gasteiger partial charge < -0.3 is 5.32 Å². The van der Waals surface area contributed by atoms with E-state index in [2.05, 4.69) is 32.2 Å². The second-order valence-corrected chi connectivity index (χ2v) is 6.95. The van der Waals surface area contributed by atoms with Crippen molar-refractivity contribution in [3.63, 3.8) is 0 Å². The Balaban J connectivity index is 2.22. The number of hydrogen-bond acceptors (Lipinski definition) is 1. The molecule has 0 radical (unpaired) electrons. The topological polar surface area (TPSA) is 12.0 Å². The fraction of sp³-hybridized carbons (Fsp3) is 0.474. The van der Waals surface area contributed by atoms with Crippen LogP contribution in [0.15, 0.2) is 30.3 Å². The number of aryl methyl sites for hydroxylation is 1. The lowest BCUT2D eigenvalue weighted by molar-refractivity contribution is 0.275. The molecule has 1 aliphatic rings. The van der Waals surface area contributed by atoms with Gasteiger partial charge in [-0.05, 0) is 53.8 Å². The minimum Gasteiger partial charge on any atom is -0.310 e. The van der Waals surface area contributed by atoms with Crippen molar-refractivity contribution in [3.05, 3.63) is 47.3 Å². The minimum atomic E-state index is -0.0908. The number of nitrogens with one attached hydrogen (secondary N) is 1. The Hall–Kier alpha value is -1.41. The highest BCUT2D eigenvalue weighted by Crippen LogP contribution is 2.42. The van der Waals surface area contributed by atoms with Crippen LogP contribution in [0.3, 0.4) is 0 Å². The lowest BCUT2D eigenvalue weighted by atomic mass is 9.83. The maximum atomic E-state index is 14.5. The molecule has 0 saturated heterocycles. The summed E-state index contributed by atoms with van der Waals surface area (Å²) < 4.78 is 14.5. The number of benzene rings is 2. The van der Waals surface area contributed by atoms with Crippen molar-refractivity contribution in [1.29, 1.82) is 0 Å². The Morgan fingerprint density at radius 1 is 1.24 bits per heavy atom. The summed E-state index contributed by atoms with van der Waals surface area (Å²) in [4.78, 5) is 0. The zero-order chi connectivity index (χ0) is 15.0. The van der Waals surface area contributed by atoms with E-state index in [1.807, 2.05) is 18.2 Å². The molecule has 2 heteroatoms. The van der Waals surface area contributed by atoms with E-state index in [0.717, 1.165) is 36.6 Å². The van der Waals surface area contributed by atoms with Crippen molar-refractivity contribution in [1.82, 2.24) is 5.32 Å². The lowest BCUT2D eigenvalue weighted by Gasteiger charge is -2.27. The monoisotopic (exact) mass is 285 g/mol. The second kappa shape index (κ2) is 5.42. The summed E-state index contributed by atoms with van der Waals surface area (Å²) in [6.45, 7) is 7.67. The molecule has 0 aromatic heterocycles. The molecule has 1 aliphatic carbocycles. The Kier molecular flexibility index (Phi) is 3.75. The molecule has 2 aromatic carbocycles. The highest BCUT2D eigenvalue weighted by Gasteiger charge is 2.30. The largest absolute Gasteiger partial charge is 0.310 e. The molecule has 0 aliphatic heterocycles. The van der Waals surface area contributed by atoms with Crippen molar-refractivity contribution in [2.75, 3.05) is 6.54 Å². The van der Waals surface area contributed by atoms with Crippen molar-refractivity contribution >= 4 is 10.8 Å². The molecule has 21 heavy (non-hydrogen) atoms. The van der Waals surface area contributed by atoms with Crippen molar-refractivity contribution < 1.29 is 4.39 Å².